The van der Waals surface area contributed by atoms with Crippen LogP contribution in [0.2, 0.25) is 0 Å². The molecule has 0 fully saturated rings. The Bertz CT molecular complexity index is 27.9. The van der Waals surface area contributed by atoms with E-state index in [2.05, 4.69) is 0 Å². The SMILES string of the molecule is O.[Mg+2].[Ni].[O-][Si]([O-])([O-])O. The first kappa shape index (κ1) is 22.8. The van der Waals surface area contributed by atoms with Gasteiger partial charge >= 0.3 is 23.1 Å². The van der Waals surface area contributed by atoms with Crippen LogP contribution in [0.4, 0.5) is 0 Å². The molecule has 0 aromatic carbocycles. The molecule has 0 rings (SSSR count). The molecule has 0 radical (unpaired) electrons. The molecule has 5 nitrogen and oxygen atoms in total. The standard InChI is InChI=1S/Mg.Ni.HO4Si.H2O/c;;1-5(2,3)4;/h;;1H;1H2/q+2;;-3;. The molecule has 0 saturated heterocycles. The van der Waals surface area contributed by atoms with E-state index in [1.54, 1.807) is 0 Å². The van der Waals surface area contributed by atoms with Crippen LogP contribution < -0.4 is 14.4 Å². The van der Waals surface area contributed by atoms with E-state index < -0.39 is 9.05 Å². The fourth-order valence-electron chi connectivity index (χ4n) is 0. The van der Waals surface area contributed by atoms with E-state index >= 15 is 0 Å². The summed E-state index contributed by atoms with van der Waals surface area (Å²) < 4.78 is 0. The first-order chi connectivity index (χ1) is 2.00. The molecule has 0 aliphatic rings. The summed E-state index contributed by atoms with van der Waals surface area (Å²) in [6.07, 6.45) is 0. The van der Waals surface area contributed by atoms with Gasteiger partial charge in [0.25, 0.3) is 0 Å². The quantitative estimate of drug-likeness (QED) is 0.386. The van der Waals surface area contributed by atoms with Crippen molar-refractivity contribution in [3.63, 3.8) is 0 Å². The fraction of sp³-hybridized carbons (Fsp3) is 0. The van der Waals surface area contributed by atoms with Crippen molar-refractivity contribution in [3.05, 3.63) is 0 Å². The zero-order valence-electron chi connectivity index (χ0n) is 3.70. The predicted molar refractivity (Wildman–Crippen MR) is 17.3 cm³/mol. The van der Waals surface area contributed by atoms with Gasteiger partial charge in [0.1, 0.15) is 0 Å². The van der Waals surface area contributed by atoms with Crippen molar-refractivity contribution in [1.82, 2.24) is 0 Å². The summed E-state index contributed by atoms with van der Waals surface area (Å²) in [5.74, 6) is 0. The van der Waals surface area contributed by atoms with E-state index in [9.17, 15) is 0 Å². The van der Waals surface area contributed by atoms with Gasteiger partial charge in [0.05, 0.1) is 0 Å². The van der Waals surface area contributed by atoms with Crippen LogP contribution in [0.25, 0.3) is 0 Å². The molecule has 0 saturated carbocycles. The molecule has 0 amide bonds. The van der Waals surface area contributed by atoms with Crippen LogP contribution in [0.15, 0.2) is 0 Å². The van der Waals surface area contributed by atoms with E-state index in [1.165, 1.54) is 0 Å². The van der Waals surface area contributed by atoms with Gasteiger partial charge in [-0.2, -0.15) is 0 Å². The topological polar surface area (TPSA) is 121 Å². The molecule has 8 heavy (non-hydrogen) atoms. The molecule has 8 heteroatoms. The first-order valence-electron chi connectivity index (χ1n) is 0.836. The van der Waals surface area contributed by atoms with Gasteiger partial charge in [0.2, 0.25) is 0 Å². The molecule has 0 atom stereocenters. The monoisotopic (exact) mass is 193 g/mol. The number of rotatable bonds is 0. The smallest absolute Gasteiger partial charge is 0.861 e. The van der Waals surface area contributed by atoms with Crippen LogP contribution in [0, 0.1) is 0 Å². The third-order valence-electron chi connectivity index (χ3n) is 0. The van der Waals surface area contributed by atoms with Crippen molar-refractivity contribution in [3.8, 4) is 0 Å². The fourth-order valence-corrected chi connectivity index (χ4v) is 0. The summed E-state index contributed by atoms with van der Waals surface area (Å²) in [6.45, 7) is 0. The minimum atomic E-state index is -5.36. The predicted octanol–water partition coefficient (Wildman–Crippen LogP) is -5.71. The Morgan fingerprint density at radius 2 is 1.12 bits per heavy atom. The van der Waals surface area contributed by atoms with Gasteiger partial charge in [0, 0.05) is 16.5 Å². The second-order valence-electron chi connectivity index (χ2n) is 0.524. The van der Waals surface area contributed by atoms with Gasteiger partial charge in [-0.15, -0.1) is 9.05 Å². The first-order valence-corrected chi connectivity index (χ1v) is 2.51. The molecule has 0 heterocycles. The normalized spacial score (nSPS) is 7.50. The zero-order chi connectivity index (χ0) is 4.50. The molecule has 0 unspecified atom stereocenters. The zero-order valence-corrected chi connectivity index (χ0v) is 7.10. The summed E-state index contributed by atoms with van der Waals surface area (Å²) >= 11 is 0. The van der Waals surface area contributed by atoms with E-state index in [0.717, 1.165) is 0 Å². The van der Waals surface area contributed by atoms with Crippen LogP contribution in [0.3, 0.4) is 0 Å². The molecule has 3 N–H and O–H groups in total. The average molecular weight is 194 g/mol. The van der Waals surface area contributed by atoms with Crippen LogP contribution in [0.5, 0.6) is 0 Å². The molecular weight excluding hydrogens is 191 g/mol. The van der Waals surface area contributed by atoms with Crippen molar-refractivity contribution < 1.29 is 41.2 Å². The molecule has 0 aromatic rings. The van der Waals surface area contributed by atoms with Crippen LogP contribution >= 0.6 is 0 Å². The minimum Gasteiger partial charge on any atom is -0.861 e. The van der Waals surface area contributed by atoms with E-state index in [1.807, 2.05) is 0 Å². The van der Waals surface area contributed by atoms with Crippen molar-refractivity contribution in [1.29, 1.82) is 0 Å². The van der Waals surface area contributed by atoms with E-state index in [0.29, 0.717) is 0 Å². The molecular formula is H3MgNiO5Si-. The maximum atomic E-state index is 8.69. The Kier molecular flexibility index (Phi) is 23.6. The van der Waals surface area contributed by atoms with Crippen molar-refractivity contribution in [2.24, 2.45) is 0 Å². The summed E-state index contributed by atoms with van der Waals surface area (Å²) in [6, 6.07) is 0. The second kappa shape index (κ2) is 8.28. The molecule has 0 bridgehead atoms. The number of hydrogen-bond donors (Lipinski definition) is 1. The Balaban J connectivity index is -0.0000000267. The van der Waals surface area contributed by atoms with Crippen molar-refractivity contribution >= 4 is 32.1 Å². The Labute approximate surface area is 73.2 Å². The van der Waals surface area contributed by atoms with E-state index in [4.69, 9.17) is 19.2 Å². The largest absolute Gasteiger partial charge is 2.00 e. The van der Waals surface area contributed by atoms with Gasteiger partial charge < -0.3 is 24.7 Å². The molecule has 50 valence electrons. The summed E-state index contributed by atoms with van der Waals surface area (Å²) in [4.78, 5) is 33.1. The molecule has 0 aromatic heterocycles. The third-order valence-corrected chi connectivity index (χ3v) is 0. The minimum absolute atomic E-state index is 0. The summed E-state index contributed by atoms with van der Waals surface area (Å²) in [5.41, 5.74) is 0. The number of hydrogen-bond acceptors (Lipinski definition) is 4. The van der Waals surface area contributed by atoms with Gasteiger partial charge in [-0.1, -0.05) is 0 Å². The van der Waals surface area contributed by atoms with E-state index in [-0.39, 0.29) is 45.0 Å². The van der Waals surface area contributed by atoms with Gasteiger partial charge in [-0.05, 0) is 0 Å². The van der Waals surface area contributed by atoms with Gasteiger partial charge in [-0.3, -0.25) is 0 Å². The average Bonchev–Trinajstić information content (AvgIpc) is 0.722. The Hall–Kier alpha value is 1.28. The van der Waals surface area contributed by atoms with Crippen LogP contribution in [-0.2, 0) is 16.5 Å². The Morgan fingerprint density at radius 3 is 1.12 bits per heavy atom. The Morgan fingerprint density at radius 1 is 1.12 bits per heavy atom. The van der Waals surface area contributed by atoms with Gasteiger partial charge in [0.15, 0.2) is 0 Å². The van der Waals surface area contributed by atoms with Crippen molar-refractivity contribution in [2.75, 3.05) is 0 Å². The summed E-state index contributed by atoms with van der Waals surface area (Å²) in [7, 11) is -5.36. The maximum Gasteiger partial charge on any atom is 2.00 e. The van der Waals surface area contributed by atoms with Gasteiger partial charge in [-0.25, -0.2) is 0 Å². The van der Waals surface area contributed by atoms with Crippen LogP contribution in [0.1, 0.15) is 0 Å². The second-order valence-corrected chi connectivity index (χ2v) is 1.57. The molecule has 0 aliphatic carbocycles. The molecule has 0 aliphatic heterocycles. The molecule has 0 spiro atoms. The maximum absolute atomic E-state index is 8.69. The summed E-state index contributed by atoms with van der Waals surface area (Å²) in [5, 5.41) is 0. The third kappa shape index (κ3) is 176. The van der Waals surface area contributed by atoms with Crippen LogP contribution in [-0.4, -0.2) is 42.4 Å². The van der Waals surface area contributed by atoms with Crippen molar-refractivity contribution in [2.45, 2.75) is 0 Å².